The number of nitrogens with one attached hydrogen (secondary N) is 1. The van der Waals surface area contributed by atoms with Crippen LogP contribution in [0.2, 0.25) is 0 Å². The van der Waals surface area contributed by atoms with E-state index < -0.39 is 23.7 Å². The van der Waals surface area contributed by atoms with Crippen LogP contribution in [0.15, 0.2) is 12.2 Å². The first kappa shape index (κ1) is 20.2. The number of hydrogen-bond acceptors (Lipinski definition) is 5. The summed E-state index contributed by atoms with van der Waals surface area (Å²) < 4.78 is 9.81. The molecule has 1 atom stereocenters. The zero-order valence-electron chi connectivity index (χ0n) is 15.1. The number of alkyl carbamates (subject to hydrolysis) is 1. The Morgan fingerprint density at radius 2 is 1.83 bits per heavy atom. The Morgan fingerprint density at radius 1 is 1.21 bits per heavy atom. The number of ether oxygens (including phenoxy) is 2. The summed E-state index contributed by atoms with van der Waals surface area (Å²) in [6, 6.07) is -0.895. The molecule has 0 spiro atoms. The van der Waals surface area contributed by atoms with Crippen LogP contribution in [0.3, 0.4) is 0 Å². The lowest BCUT2D eigenvalue weighted by molar-refractivity contribution is -0.143. The number of rotatable bonds is 7. The second-order valence-corrected chi connectivity index (χ2v) is 7.13. The van der Waals surface area contributed by atoms with Crippen LogP contribution in [0.1, 0.15) is 59.3 Å². The van der Waals surface area contributed by atoms with Gasteiger partial charge in [-0.1, -0.05) is 18.9 Å². The fraction of sp³-hybridized carbons (Fsp3) is 0.722. The SMILES string of the molecule is COC(=O)[C@H](CCC(=O)C=CC1CCCC1)NC(=O)OC(C)(C)C. The molecule has 0 saturated heterocycles. The molecule has 1 N–H and O–H groups in total. The average Bonchev–Trinajstić information content (AvgIpc) is 3.00. The molecular weight excluding hydrogens is 310 g/mol. The van der Waals surface area contributed by atoms with Crippen molar-refractivity contribution in [1.29, 1.82) is 0 Å². The number of hydrogen-bond donors (Lipinski definition) is 1. The quantitative estimate of drug-likeness (QED) is 0.569. The maximum atomic E-state index is 11.9. The van der Waals surface area contributed by atoms with E-state index in [0.29, 0.717) is 5.92 Å². The lowest BCUT2D eigenvalue weighted by Crippen LogP contribution is -2.44. The Bertz CT molecular complexity index is 472. The Morgan fingerprint density at radius 3 is 2.38 bits per heavy atom. The minimum Gasteiger partial charge on any atom is -0.467 e. The van der Waals surface area contributed by atoms with Crippen LogP contribution in [0.5, 0.6) is 0 Å². The van der Waals surface area contributed by atoms with E-state index in [9.17, 15) is 14.4 Å². The van der Waals surface area contributed by atoms with Gasteiger partial charge in [0, 0.05) is 6.42 Å². The van der Waals surface area contributed by atoms with Crippen LogP contribution in [-0.4, -0.2) is 36.6 Å². The highest BCUT2D eigenvalue weighted by molar-refractivity contribution is 5.90. The summed E-state index contributed by atoms with van der Waals surface area (Å²) in [6.45, 7) is 5.20. The van der Waals surface area contributed by atoms with Gasteiger partial charge in [-0.05, 0) is 52.0 Å². The van der Waals surface area contributed by atoms with Gasteiger partial charge in [-0.2, -0.15) is 0 Å². The van der Waals surface area contributed by atoms with Crippen LogP contribution >= 0.6 is 0 Å². The highest BCUT2D eigenvalue weighted by atomic mass is 16.6. The first-order chi connectivity index (χ1) is 11.2. The van der Waals surface area contributed by atoms with Crippen molar-refractivity contribution in [3.63, 3.8) is 0 Å². The monoisotopic (exact) mass is 339 g/mol. The zero-order chi connectivity index (χ0) is 18.2. The third-order valence-corrected chi connectivity index (χ3v) is 3.81. The second kappa shape index (κ2) is 9.45. The van der Waals surface area contributed by atoms with Crippen LogP contribution < -0.4 is 5.32 Å². The molecule has 0 radical (unpaired) electrons. The Balaban J connectivity index is 2.48. The third kappa shape index (κ3) is 8.13. The molecule has 1 aliphatic carbocycles. The van der Waals surface area contributed by atoms with Gasteiger partial charge in [-0.25, -0.2) is 9.59 Å². The summed E-state index contributed by atoms with van der Waals surface area (Å²) in [7, 11) is 1.24. The standard InChI is InChI=1S/C18H29NO5/c1-18(2,3)24-17(22)19-15(16(21)23-4)12-11-14(20)10-9-13-7-5-6-8-13/h9-10,13,15H,5-8,11-12H2,1-4H3,(H,19,22)/t15-/m0/s1. The first-order valence-corrected chi connectivity index (χ1v) is 8.49. The fourth-order valence-electron chi connectivity index (χ4n) is 2.60. The third-order valence-electron chi connectivity index (χ3n) is 3.81. The van der Waals surface area contributed by atoms with E-state index in [1.54, 1.807) is 26.8 Å². The highest BCUT2D eigenvalue weighted by Gasteiger charge is 2.25. The van der Waals surface area contributed by atoms with Crippen molar-refractivity contribution in [1.82, 2.24) is 5.32 Å². The van der Waals surface area contributed by atoms with Crippen molar-refractivity contribution in [3.05, 3.63) is 12.2 Å². The van der Waals surface area contributed by atoms with Crippen LogP contribution in [0.25, 0.3) is 0 Å². The molecule has 1 saturated carbocycles. The molecule has 1 aliphatic rings. The summed E-state index contributed by atoms with van der Waals surface area (Å²) in [5, 5.41) is 2.46. The van der Waals surface area contributed by atoms with Gasteiger partial charge < -0.3 is 14.8 Å². The predicted octanol–water partition coefficient (Wildman–Crippen LogP) is 3.15. The summed E-state index contributed by atoms with van der Waals surface area (Å²) in [6.07, 6.45) is 7.90. The van der Waals surface area contributed by atoms with E-state index >= 15 is 0 Å². The van der Waals surface area contributed by atoms with Gasteiger partial charge in [0.05, 0.1) is 7.11 Å². The molecule has 24 heavy (non-hydrogen) atoms. The van der Waals surface area contributed by atoms with E-state index in [4.69, 9.17) is 4.74 Å². The molecule has 0 unspecified atom stereocenters. The molecule has 6 heteroatoms. The Labute approximate surface area is 144 Å². The predicted molar refractivity (Wildman–Crippen MR) is 90.5 cm³/mol. The molecule has 0 heterocycles. The lowest BCUT2D eigenvalue weighted by atomic mass is 10.0. The fourth-order valence-corrected chi connectivity index (χ4v) is 2.60. The molecule has 1 fully saturated rings. The topological polar surface area (TPSA) is 81.7 Å². The minimum absolute atomic E-state index is 0.0539. The van der Waals surface area contributed by atoms with Gasteiger partial charge in [-0.15, -0.1) is 0 Å². The zero-order valence-corrected chi connectivity index (χ0v) is 15.1. The number of ketones is 1. The van der Waals surface area contributed by atoms with Crippen molar-refractivity contribution in [2.24, 2.45) is 5.92 Å². The summed E-state index contributed by atoms with van der Waals surface area (Å²) >= 11 is 0. The Hall–Kier alpha value is -1.85. The summed E-state index contributed by atoms with van der Waals surface area (Å²) in [4.78, 5) is 35.5. The van der Waals surface area contributed by atoms with Gasteiger partial charge in [0.25, 0.3) is 0 Å². The van der Waals surface area contributed by atoms with Crippen LogP contribution in [-0.2, 0) is 19.1 Å². The number of carbonyl (C=O) groups excluding carboxylic acids is 3. The normalized spacial score (nSPS) is 16.8. The van der Waals surface area contributed by atoms with E-state index in [1.165, 1.54) is 20.0 Å². The number of allylic oxidation sites excluding steroid dienone is 2. The Kier molecular flexibility index (Phi) is 7.95. The first-order valence-electron chi connectivity index (χ1n) is 8.49. The maximum Gasteiger partial charge on any atom is 0.408 e. The average molecular weight is 339 g/mol. The van der Waals surface area contributed by atoms with E-state index in [1.807, 2.05) is 6.08 Å². The van der Waals surface area contributed by atoms with Crippen LogP contribution in [0, 0.1) is 5.92 Å². The molecule has 0 aromatic carbocycles. The maximum absolute atomic E-state index is 11.9. The van der Waals surface area contributed by atoms with Crippen molar-refractivity contribution in [2.45, 2.75) is 70.9 Å². The van der Waals surface area contributed by atoms with Crippen molar-refractivity contribution >= 4 is 17.8 Å². The van der Waals surface area contributed by atoms with Crippen molar-refractivity contribution in [2.75, 3.05) is 7.11 Å². The lowest BCUT2D eigenvalue weighted by Gasteiger charge is -2.22. The van der Waals surface area contributed by atoms with Gasteiger partial charge in [0.1, 0.15) is 11.6 Å². The molecule has 1 amide bonds. The number of methoxy groups -OCH3 is 1. The summed E-state index contributed by atoms with van der Waals surface area (Å²) in [5.41, 5.74) is -0.662. The summed E-state index contributed by atoms with van der Waals surface area (Å²) in [5.74, 6) is -0.152. The van der Waals surface area contributed by atoms with Gasteiger partial charge in [0.2, 0.25) is 0 Å². The van der Waals surface area contributed by atoms with Crippen molar-refractivity contribution < 1.29 is 23.9 Å². The second-order valence-electron chi connectivity index (χ2n) is 7.13. The van der Waals surface area contributed by atoms with E-state index in [0.717, 1.165) is 12.8 Å². The largest absolute Gasteiger partial charge is 0.467 e. The molecule has 0 aromatic rings. The van der Waals surface area contributed by atoms with E-state index in [-0.39, 0.29) is 18.6 Å². The molecule has 0 aliphatic heterocycles. The van der Waals surface area contributed by atoms with Gasteiger partial charge in [0.15, 0.2) is 5.78 Å². The molecule has 0 bridgehead atoms. The number of amides is 1. The van der Waals surface area contributed by atoms with Crippen LogP contribution in [0.4, 0.5) is 4.79 Å². The minimum atomic E-state index is -0.895. The van der Waals surface area contributed by atoms with Gasteiger partial charge >= 0.3 is 12.1 Å². The molecule has 1 rings (SSSR count). The molecule has 6 nitrogen and oxygen atoms in total. The smallest absolute Gasteiger partial charge is 0.408 e. The highest BCUT2D eigenvalue weighted by Crippen LogP contribution is 2.25. The van der Waals surface area contributed by atoms with Gasteiger partial charge in [-0.3, -0.25) is 4.79 Å². The number of carbonyl (C=O) groups is 3. The van der Waals surface area contributed by atoms with E-state index in [2.05, 4.69) is 10.1 Å². The molecule has 136 valence electrons. The molecule has 0 aromatic heterocycles. The molecular formula is C18H29NO5. The van der Waals surface area contributed by atoms with Crippen molar-refractivity contribution in [3.8, 4) is 0 Å². The number of esters is 1.